The van der Waals surface area contributed by atoms with Gasteiger partial charge in [0.25, 0.3) is 0 Å². The molecule has 1 aliphatic heterocycles. The summed E-state index contributed by atoms with van der Waals surface area (Å²) >= 11 is 3.47. The molecule has 0 N–H and O–H groups in total. The molecular formula is C13H17BrN4. The highest BCUT2D eigenvalue weighted by atomic mass is 79.9. The number of hydrogen-bond donors (Lipinski definition) is 0. The van der Waals surface area contributed by atoms with Crippen LogP contribution in [0, 0.1) is 0 Å². The fourth-order valence-corrected chi connectivity index (χ4v) is 2.99. The Morgan fingerprint density at radius 2 is 2.11 bits per heavy atom. The van der Waals surface area contributed by atoms with Gasteiger partial charge < -0.3 is 4.90 Å². The summed E-state index contributed by atoms with van der Waals surface area (Å²) in [7, 11) is 0. The Bertz CT molecular complexity index is 543. The zero-order valence-electron chi connectivity index (χ0n) is 10.5. The Kier molecular flexibility index (Phi) is 3.35. The summed E-state index contributed by atoms with van der Waals surface area (Å²) in [5, 5.41) is 8.65. The van der Waals surface area contributed by atoms with Crippen LogP contribution in [0.25, 0.3) is 5.65 Å². The third-order valence-electron chi connectivity index (χ3n) is 3.80. The number of nitrogens with zero attached hydrogens (tertiary/aromatic N) is 4. The maximum atomic E-state index is 4.38. The Hall–Kier alpha value is -0.940. The second-order valence-corrected chi connectivity index (χ2v) is 5.76. The van der Waals surface area contributed by atoms with Crippen molar-refractivity contribution in [1.82, 2.24) is 19.5 Å². The van der Waals surface area contributed by atoms with Crippen LogP contribution >= 0.6 is 15.9 Å². The molecule has 0 atom stereocenters. The van der Waals surface area contributed by atoms with Crippen molar-refractivity contribution in [2.75, 3.05) is 19.6 Å². The molecule has 2 aromatic heterocycles. The van der Waals surface area contributed by atoms with Gasteiger partial charge in [0.05, 0.1) is 0 Å². The van der Waals surface area contributed by atoms with Gasteiger partial charge >= 0.3 is 0 Å². The van der Waals surface area contributed by atoms with E-state index in [1.807, 2.05) is 12.1 Å². The van der Waals surface area contributed by atoms with Crippen LogP contribution in [0.5, 0.6) is 0 Å². The lowest BCUT2D eigenvalue weighted by Gasteiger charge is -2.30. The van der Waals surface area contributed by atoms with E-state index in [0.717, 1.165) is 22.5 Å². The smallest absolute Gasteiger partial charge is 0.161 e. The van der Waals surface area contributed by atoms with Crippen LogP contribution in [0.3, 0.4) is 0 Å². The van der Waals surface area contributed by atoms with Gasteiger partial charge in [-0.3, -0.25) is 4.40 Å². The lowest BCUT2D eigenvalue weighted by molar-refractivity contribution is 0.218. The van der Waals surface area contributed by atoms with Gasteiger partial charge in [0.1, 0.15) is 5.82 Å². The van der Waals surface area contributed by atoms with E-state index in [-0.39, 0.29) is 0 Å². The van der Waals surface area contributed by atoms with Crippen molar-refractivity contribution in [3.8, 4) is 0 Å². The summed E-state index contributed by atoms with van der Waals surface area (Å²) in [6.07, 6.45) is 4.43. The predicted octanol–water partition coefficient (Wildman–Crippen LogP) is 2.69. The SMILES string of the molecule is CCN1CCC(c2nnc3cc(Br)ccn23)CC1. The Morgan fingerprint density at radius 1 is 1.33 bits per heavy atom. The lowest BCUT2D eigenvalue weighted by Crippen LogP contribution is -2.33. The molecule has 2 aromatic rings. The van der Waals surface area contributed by atoms with Gasteiger partial charge in [-0.15, -0.1) is 10.2 Å². The summed E-state index contributed by atoms with van der Waals surface area (Å²) in [5.74, 6) is 1.66. The molecule has 0 aliphatic carbocycles. The Morgan fingerprint density at radius 3 is 2.83 bits per heavy atom. The largest absolute Gasteiger partial charge is 0.304 e. The van der Waals surface area contributed by atoms with Crippen LogP contribution in [-0.2, 0) is 0 Å². The van der Waals surface area contributed by atoms with Crippen LogP contribution in [0.2, 0.25) is 0 Å². The van der Waals surface area contributed by atoms with Gasteiger partial charge in [0.2, 0.25) is 0 Å². The summed E-state index contributed by atoms with van der Waals surface area (Å²) < 4.78 is 3.17. The second-order valence-electron chi connectivity index (χ2n) is 4.84. The summed E-state index contributed by atoms with van der Waals surface area (Å²) in [6.45, 7) is 5.73. The van der Waals surface area contributed by atoms with E-state index >= 15 is 0 Å². The van der Waals surface area contributed by atoms with Gasteiger partial charge in [0, 0.05) is 16.6 Å². The van der Waals surface area contributed by atoms with Gasteiger partial charge in [-0.05, 0) is 44.6 Å². The van der Waals surface area contributed by atoms with Crippen LogP contribution in [-0.4, -0.2) is 39.1 Å². The van der Waals surface area contributed by atoms with Crippen molar-refractivity contribution in [3.05, 3.63) is 28.6 Å². The molecule has 4 nitrogen and oxygen atoms in total. The van der Waals surface area contributed by atoms with E-state index in [4.69, 9.17) is 0 Å². The quantitative estimate of drug-likeness (QED) is 0.855. The third kappa shape index (κ3) is 2.17. The zero-order valence-corrected chi connectivity index (χ0v) is 12.1. The first-order valence-electron chi connectivity index (χ1n) is 6.50. The van der Waals surface area contributed by atoms with Crippen LogP contribution < -0.4 is 0 Å². The molecule has 0 bridgehead atoms. The molecule has 96 valence electrons. The number of aromatic nitrogens is 3. The number of halogens is 1. The molecule has 0 radical (unpaired) electrons. The first-order valence-corrected chi connectivity index (χ1v) is 7.29. The lowest BCUT2D eigenvalue weighted by atomic mass is 9.96. The van der Waals surface area contributed by atoms with Gasteiger partial charge in [-0.1, -0.05) is 22.9 Å². The number of likely N-dealkylation sites (tertiary alicyclic amines) is 1. The minimum Gasteiger partial charge on any atom is -0.304 e. The van der Waals surface area contributed by atoms with E-state index in [9.17, 15) is 0 Å². The maximum absolute atomic E-state index is 4.38. The summed E-state index contributed by atoms with van der Waals surface area (Å²) in [6, 6.07) is 4.05. The number of pyridine rings is 1. The molecule has 1 fully saturated rings. The predicted molar refractivity (Wildman–Crippen MR) is 74.8 cm³/mol. The molecule has 0 aromatic carbocycles. The monoisotopic (exact) mass is 308 g/mol. The maximum Gasteiger partial charge on any atom is 0.161 e. The third-order valence-corrected chi connectivity index (χ3v) is 4.29. The van der Waals surface area contributed by atoms with Crippen LogP contribution in [0.15, 0.2) is 22.8 Å². The highest BCUT2D eigenvalue weighted by Gasteiger charge is 2.23. The first kappa shape index (κ1) is 12.1. The molecule has 0 unspecified atom stereocenters. The van der Waals surface area contributed by atoms with Gasteiger partial charge in [-0.2, -0.15) is 0 Å². The van der Waals surface area contributed by atoms with Crippen molar-refractivity contribution < 1.29 is 0 Å². The fraction of sp³-hybridized carbons (Fsp3) is 0.538. The molecule has 3 rings (SSSR count). The fourth-order valence-electron chi connectivity index (χ4n) is 2.67. The average molecular weight is 309 g/mol. The van der Waals surface area contributed by atoms with Crippen LogP contribution in [0.4, 0.5) is 0 Å². The van der Waals surface area contributed by atoms with Crippen molar-refractivity contribution in [1.29, 1.82) is 0 Å². The number of hydrogen-bond acceptors (Lipinski definition) is 3. The average Bonchev–Trinajstić information content (AvgIpc) is 2.81. The Labute approximate surface area is 115 Å². The summed E-state index contributed by atoms with van der Waals surface area (Å²) in [5.41, 5.74) is 0.928. The highest BCUT2D eigenvalue weighted by Crippen LogP contribution is 2.27. The molecule has 0 saturated carbocycles. The van der Waals surface area contributed by atoms with E-state index in [1.54, 1.807) is 0 Å². The van der Waals surface area contributed by atoms with Crippen LogP contribution in [0.1, 0.15) is 31.5 Å². The number of fused-ring (bicyclic) bond motifs is 1. The van der Waals surface area contributed by atoms with E-state index in [0.29, 0.717) is 5.92 Å². The summed E-state index contributed by atoms with van der Waals surface area (Å²) in [4.78, 5) is 2.50. The number of piperidine rings is 1. The minimum atomic E-state index is 0.545. The van der Waals surface area contributed by atoms with Gasteiger partial charge in [-0.25, -0.2) is 0 Å². The zero-order chi connectivity index (χ0) is 12.5. The minimum absolute atomic E-state index is 0.545. The molecule has 1 aliphatic rings. The molecule has 5 heteroatoms. The van der Waals surface area contributed by atoms with Crippen molar-refractivity contribution >= 4 is 21.6 Å². The van der Waals surface area contributed by atoms with E-state index in [2.05, 4.69) is 48.5 Å². The highest BCUT2D eigenvalue weighted by molar-refractivity contribution is 9.10. The van der Waals surface area contributed by atoms with Gasteiger partial charge in [0.15, 0.2) is 5.65 Å². The molecule has 18 heavy (non-hydrogen) atoms. The molecule has 0 amide bonds. The second kappa shape index (κ2) is 4.97. The molecule has 3 heterocycles. The topological polar surface area (TPSA) is 33.4 Å². The van der Waals surface area contributed by atoms with Crippen molar-refractivity contribution in [3.63, 3.8) is 0 Å². The molecular weight excluding hydrogens is 292 g/mol. The van der Waals surface area contributed by atoms with Crippen molar-refractivity contribution in [2.24, 2.45) is 0 Å². The molecule has 0 spiro atoms. The molecule has 1 saturated heterocycles. The standard InChI is InChI=1S/C13H17BrN4/c1-2-17-6-3-10(4-7-17)13-16-15-12-9-11(14)5-8-18(12)13/h5,8-10H,2-4,6-7H2,1H3. The van der Waals surface area contributed by atoms with E-state index in [1.165, 1.54) is 25.9 Å². The van der Waals surface area contributed by atoms with Crippen molar-refractivity contribution in [2.45, 2.75) is 25.7 Å². The number of rotatable bonds is 2. The van der Waals surface area contributed by atoms with E-state index < -0.39 is 0 Å². The normalized spacial score (nSPS) is 18.6. The first-order chi connectivity index (χ1) is 8.78. The Balaban J connectivity index is 1.87.